The molecule has 5 nitrogen and oxygen atoms in total. The van der Waals surface area contributed by atoms with Crippen LogP contribution in [-0.2, 0) is 27.3 Å². The van der Waals surface area contributed by atoms with E-state index in [0.717, 1.165) is 32.4 Å². The van der Waals surface area contributed by atoms with Gasteiger partial charge in [-0.3, -0.25) is 9.59 Å². The zero-order valence-corrected chi connectivity index (χ0v) is 13.6. The summed E-state index contributed by atoms with van der Waals surface area (Å²) in [6, 6.07) is 8.04. The van der Waals surface area contributed by atoms with E-state index in [9.17, 15) is 9.59 Å². The number of hydrogen-bond acceptors (Lipinski definition) is 4. The monoisotopic (exact) mass is 316 g/mol. The van der Waals surface area contributed by atoms with Crippen molar-refractivity contribution in [3.8, 4) is 0 Å². The Morgan fingerprint density at radius 3 is 2.87 bits per heavy atom. The van der Waals surface area contributed by atoms with E-state index in [0.29, 0.717) is 13.2 Å². The maximum absolute atomic E-state index is 12.8. The van der Waals surface area contributed by atoms with E-state index in [1.807, 2.05) is 24.0 Å². The van der Waals surface area contributed by atoms with Gasteiger partial charge in [-0.25, -0.2) is 0 Å². The van der Waals surface area contributed by atoms with Crippen LogP contribution in [0.3, 0.4) is 0 Å². The van der Waals surface area contributed by atoms with Gasteiger partial charge in [-0.05, 0) is 37.3 Å². The molecule has 124 valence electrons. The van der Waals surface area contributed by atoms with Gasteiger partial charge in [-0.2, -0.15) is 0 Å². The molecule has 2 atom stereocenters. The lowest BCUT2D eigenvalue weighted by Gasteiger charge is -2.35. The third-order valence-corrected chi connectivity index (χ3v) is 4.73. The number of esters is 1. The molecule has 1 aromatic carbocycles. The van der Waals surface area contributed by atoms with Crippen LogP contribution in [0.15, 0.2) is 24.3 Å². The summed E-state index contributed by atoms with van der Waals surface area (Å²) < 4.78 is 5.11. The number of nitrogens with one attached hydrogen (secondary N) is 1. The maximum Gasteiger partial charge on any atom is 0.310 e. The third kappa shape index (κ3) is 3.55. The highest BCUT2D eigenvalue weighted by Gasteiger charge is 2.33. The first-order chi connectivity index (χ1) is 11.2. The molecule has 3 rings (SSSR count). The highest BCUT2D eigenvalue weighted by molar-refractivity contribution is 5.83. The van der Waals surface area contributed by atoms with Crippen molar-refractivity contribution >= 4 is 11.9 Å². The Bertz CT molecular complexity index is 587. The van der Waals surface area contributed by atoms with Gasteiger partial charge in [0.2, 0.25) is 5.91 Å². The van der Waals surface area contributed by atoms with Gasteiger partial charge in [0, 0.05) is 19.6 Å². The lowest BCUT2D eigenvalue weighted by molar-refractivity contribution is -0.151. The fourth-order valence-corrected chi connectivity index (χ4v) is 3.48. The zero-order chi connectivity index (χ0) is 16.2. The van der Waals surface area contributed by atoms with Gasteiger partial charge < -0.3 is 15.0 Å². The van der Waals surface area contributed by atoms with Crippen LogP contribution < -0.4 is 5.32 Å². The average Bonchev–Trinajstić information content (AvgIpc) is 2.61. The Kier molecular flexibility index (Phi) is 4.96. The van der Waals surface area contributed by atoms with Gasteiger partial charge in [0.15, 0.2) is 0 Å². The summed E-state index contributed by atoms with van der Waals surface area (Å²) in [6.45, 7) is 4.14. The number of ether oxygens (including phenoxy) is 1. The molecule has 1 fully saturated rings. The SMILES string of the molecule is CCOC(=O)C1CCCN(C(=O)C2Cc3ccccc3CN2)C1. The zero-order valence-electron chi connectivity index (χ0n) is 13.6. The molecule has 0 aliphatic carbocycles. The number of likely N-dealkylation sites (tertiary alicyclic amines) is 1. The van der Waals surface area contributed by atoms with Gasteiger partial charge in [0.25, 0.3) is 0 Å². The molecule has 1 saturated heterocycles. The van der Waals surface area contributed by atoms with Crippen molar-refractivity contribution in [2.24, 2.45) is 5.92 Å². The first-order valence-electron chi connectivity index (χ1n) is 8.44. The molecule has 1 amide bonds. The molecule has 0 saturated carbocycles. The number of amides is 1. The summed E-state index contributed by atoms with van der Waals surface area (Å²) in [5.41, 5.74) is 2.50. The average molecular weight is 316 g/mol. The van der Waals surface area contributed by atoms with E-state index in [1.54, 1.807) is 0 Å². The molecule has 2 aliphatic rings. The molecule has 0 radical (unpaired) electrons. The van der Waals surface area contributed by atoms with E-state index >= 15 is 0 Å². The van der Waals surface area contributed by atoms with Crippen molar-refractivity contribution < 1.29 is 14.3 Å². The van der Waals surface area contributed by atoms with Gasteiger partial charge in [-0.1, -0.05) is 24.3 Å². The Labute approximate surface area is 137 Å². The molecular weight excluding hydrogens is 292 g/mol. The van der Waals surface area contributed by atoms with Crippen LogP contribution in [0.1, 0.15) is 30.9 Å². The van der Waals surface area contributed by atoms with Crippen molar-refractivity contribution in [1.82, 2.24) is 10.2 Å². The highest BCUT2D eigenvalue weighted by Crippen LogP contribution is 2.22. The van der Waals surface area contributed by atoms with Crippen molar-refractivity contribution in [3.05, 3.63) is 35.4 Å². The predicted octanol–water partition coefficient (Wildman–Crippen LogP) is 1.50. The molecule has 5 heteroatoms. The second-order valence-electron chi connectivity index (χ2n) is 6.28. The van der Waals surface area contributed by atoms with Crippen molar-refractivity contribution in [2.45, 2.75) is 38.8 Å². The van der Waals surface area contributed by atoms with Crippen LogP contribution in [0.2, 0.25) is 0 Å². The van der Waals surface area contributed by atoms with Crippen molar-refractivity contribution in [1.29, 1.82) is 0 Å². The molecular formula is C18H24N2O3. The van der Waals surface area contributed by atoms with Gasteiger partial charge in [-0.15, -0.1) is 0 Å². The first-order valence-corrected chi connectivity index (χ1v) is 8.44. The standard InChI is InChI=1S/C18H24N2O3/c1-2-23-18(22)15-8-5-9-20(12-15)17(21)16-10-13-6-3-4-7-14(13)11-19-16/h3-4,6-7,15-16,19H,2,5,8-12H2,1H3. The molecule has 23 heavy (non-hydrogen) atoms. The first kappa shape index (κ1) is 16.0. The minimum Gasteiger partial charge on any atom is -0.466 e. The number of benzene rings is 1. The summed E-state index contributed by atoms with van der Waals surface area (Å²) in [5.74, 6) is -0.246. The molecule has 1 N–H and O–H groups in total. The van der Waals surface area contributed by atoms with Crippen molar-refractivity contribution in [3.63, 3.8) is 0 Å². The fraction of sp³-hybridized carbons (Fsp3) is 0.556. The number of piperidine rings is 1. The number of carbonyl (C=O) groups is 2. The maximum atomic E-state index is 12.8. The van der Waals surface area contributed by atoms with Crippen LogP contribution in [0.5, 0.6) is 0 Å². The number of hydrogen-bond donors (Lipinski definition) is 1. The molecule has 0 aromatic heterocycles. The van der Waals surface area contributed by atoms with Gasteiger partial charge in [0.1, 0.15) is 0 Å². The van der Waals surface area contributed by atoms with E-state index in [2.05, 4.69) is 17.4 Å². The largest absolute Gasteiger partial charge is 0.466 e. The van der Waals surface area contributed by atoms with Crippen molar-refractivity contribution in [2.75, 3.05) is 19.7 Å². The van der Waals surface area contributed by atoms with E-state index < -0.39 is 0 Å². The summed E-state index contributed by atoms with van der Waals surface area (Å²) in [4.78, 5) is 26.6. The van der Waals surface area contributed by atoms with Crippen LogP contribution in [0.25, 0.3) is 0 Å². The van der Waals surface area contributed by atoms with Gasteiger partial charge >= 0.3 is 5.97 Å². The normalized spacial score (nSPS) is 24.0. The second kappa shape index (κ2) is 7.13. The van der Waals surface area contributed by atoms with Gasteiger partial charge in [0.05, 0.1) is 18.6 Å². The fourth-order valence-electron chi connectivity index (χ4n) is 3.48. The lowest BCUT2D eigenvalue weighted by atomic mass is 9.93. The molecule has 0 spiro atoms. The minimum absolute atomic E-state index is 0.105. The summed E-state index contributed by atoms with van der Waals surface area (Å²) in [5, 5.41) is 3.33. The number of fused-ring (bicyclic) bond motifs is 1. The number of carbonyl (C=O) groups excluding carboxylic acids is 2. The number of rotatable bonds is 3. The predicted molar refractivity (Wildman–Crippen MR) is 86.7 cm³/mol. The Balaban J connectivity index is 1.63. The number of nitrogens with zero attached hydrogens (tertiary/aromatic N) is 1. The van der Waals surface area contributed by atoms with Crippen LogP contribution in [-0.4, -0.2) is 42.5 Å². The Morgan fingerprint density at radius 1 is 1.30 bits per heavy atom. The molecule has 0 bridgehead atoms. The van der Waals surface area contributed by atoms with Crippen LogP contribution in [0.4, 0.5) is 0 Å². The lowest BCUT2D eigenvalue weighted by Crippen LogP contribution is -2.52. The molecule has 1 aromatic rings. The third-order valence-electron chi connectivity index (χ3n) is 4.73. The smallest absolute Gasteiger partial charge is 0.310 e. The molecule has 2 aliphatic heterocycles. The summed E-state index contributed by atoms with van der Waals surface area (Å²) in [6.07, 6.45) is 2.39. The van der Waals surface area contributed by atoms with Crippen LogP contribution in [0, 0.1) is 5.92 Å². The molecule has 2 heterocycles. The van der Waals surface area contributed by atoms with E-state index in [1.165, 1.54) is 11.1 Å². The Morgan fingerprint density at radius 2 is 2.09 bits per heavy atom. The quantitative estimate of drug-likeness (QED) is 0.859. The van der Waals surface area contributed by atoms with E-state index in [-0.39, 0.29) is 23.8 Å². The summed E-state index contributed by atoms with van der Waals surface area (Å²) >= 11 is 0. The Hall–Kier alpha value is -1.88. The highest BCUT2D eigenvalue weighted by atomic mass is 16.5. The summed E-state index contributed by atoms with van der Waals surface area (Å²) in [7, 11) is 0. The second-order valence-corrected chi connectivity index (χ2v) is 6.28. The van der Waals surface area contributed by atoms with E-state index in [4.69, 9.17) is 4.74 Å². The van der Waals surface area contributed by atoms with Crippen LogP contribution >= 0.6 is 0 Å². The minimum atomic E-state index is -0.189. The topological polar surface area (TPSA) is 58.6 Å². The molecule has 2 unspecified atom stereocenters.